The third-order valence-electron chi connectivity index (χ3n) is 4.17. The molecule has 0 aliphatic heterocycles. The van der Waals surface area contributed by atoms with Gasteiger partial charge in [0.1, 0.15) is 0 Å². The van der Waals surface area contributed by atoms with Gasteiger partial charge in [0.05, 0.1) is 23.4 Å². The van der Waals surface area contributed by atoms with Crippen molar-refractivity contribution < 1.29 is 26.9 Å². The fourth-order valence-corrected chi connectivity index (χ4v) is 3.79. The van der Waals surface area contributed by atoms with E-state index in [1.807, 2.05) is 6.92 Å². The Morgan fingerprint density at radius 2 is 1.97 bits per heavy atom. The first kappa shape index (κ1) is 20.7. The minimum atomic E-state index is -3.45. The predicted octanol–water partition coefficient (Wildman–Crippen LogP) is 1.17. The van der Waals surface area contributed by atoms with E-state index >= 15 is 0 Å². The van der Waals surface area contributed by atoms with Crippen molar-refractivity contribution >= 4 is 21.4 Å². The molecule has 10 heteroatoms. The molecule has 9 nitrogen and oxygen atoms in total. The Labute approximate surface area is 168 Å². The van der Waals surface area contributed by atoms with Crippen LogP contribution in [0.25, 0.3) is 11.7 Å². The summed E-state index contributed by atoms with van der Waals surface area (Å²) in [6.45, 7) is 3.21. The number of hydrogen-bond donors (Lipinski definition) is 2. The molecule has 1 unspecified atom stereocenters. The van der Waals surface area contributed by atoms with E-state index in [-0.39, 0.29) is 28.9 Å². The van der Waals surface area contributed by atoms with E-state index in [2.05, 4.69) is 15.5 Å². The van der Waals surface area contributed by atoms with Gasteiger partial charge in [-0.25, -0.2) is 8.42 Å². The number of furan rings is 1. The van der Waals surface area contributed by atoms with Gasteiger partial charge in [0.25, 0.3) is 17.7 Å². The second-order valence-electron chi connectivity index (χ2n) is 6.65. The van der Waals surface area contributed by atoms with E-state index in [0.29, 0.717) is 24.7 Å². The zero-order valence-electron chi connectivity index (χ0n) is 16.2. The summed E-state index contributed by atoms with van der Waals surface area (Å²) in [6, 6.07) is 9.78. The number of quaternary nitrogens is 1. The molecule has 29 heavy (non-hydrogen) atoms. The maximum atomic E-state index is 12.6. The standard InChI is InChI=1S/C19H22N4O5S/c1-3-10-23(13-18-21-22-19(28-18)15-8-6-11-27-15)12-17(24)20-14-7-4-5-9-16(14)29(2,25)26/h4-9,11H,3,10,12-13H2,1-2H3,(H,20,24)/p+1. The van der Waals surface area contributed by atoms with Crippen molar-refractivity contribution in [2.45, 2.75) is 24.8 Å². The lowest BCUT2D eigenvalue weighted by molar-refractivity contribution is -0.907. The van der Waals surface area contributed by atoms with E-state index in [4.69, 9.17) is 8.83 Å². The Morgan fingerprint density at radius 3 is 2.66 bits per heavy atom. The normalized spacial score (nSPS) is 12.6. The number of benzene rings is 1. The molecule has 0 aliphatic carbocycles. The van der Waals surface area contributed by atoms with E-state index in [9.17, 15) is 13.2 Å². The number of amides is 1. The fraction of sp³-hybridized carbons (Fsp3) is 0.316. The number of sulfone groups is 1. The van der Waals surface area contributed by atoms with Gasteiger partial charge in [0.15, 0.2) is 28.7 Å². The Kier molecular flexibility index (Phi) is 6.45. The van der Waals surface area contributed by atoms with Crippen LogP contribution in [0.1, 0.15) is 19.2 Å². The number of hydrogen-bond acceptors (Lipinski definition) is 7. The van der Waals surface area contributed by atoms with E-state index in [1.54, 1.807) is 30.3 Å². The number of carbonyl (C=O) groups is 1. The molecule has 1 amide bonds. The topological polar surface area (TPSA) is 120 Å². The van der Waals surface area contributed by atoms with Crippen LogP contribution in [-0.4, -0.2) is 43.9 Å². The molecular formula is C19H23N4O5S+. The molecule has 0 radical (unpaired) electrons. The van der Waals surface area contributed by atoms with Gasteiger partial charge < -0.3 is 19.1 Å². The zero-order valence-corrected chi connectivity index (χ0v) is 17.0. The molecule has 154 valence electrons. The van der Waals surface area contributed by atoms with Gasteiger partial charge in [-0.2, -0.15) is 0 Å². The predicted molar refractivity (Wildman–Crippen MR) is 105 cm³/mol. The average molecular weight is 419 g/mol. The van der Waals surface area contributed by atoms with Crippen LogP contribution in [0, 0.1) is 0 Å². The molecule has 0 bridgehead atoms. The van der Waals surface area contributed by atoms with Crippen molar-refractivity contribution in [3.05, 3.63) is 48.6 Å². The van der Waals surface area contributed by atoms with Gasteiger partial charge in [0, 0.05) is 6.26 Å². The summed E-state index contributed by atoms with van der Waals surface area (Å²) in [4.78, 5) is 13.6. The van der Waals surface area contributed by atoms with Crippen LogP contribution >= 0.6 is 0 Å². The number of nitrogens with zero attached hydrogens (tertiary/aromatic N) is 2. The highest BCUT2D eigenvalue weighted by Gasteiger charge is 2.21. The third kappa shape index (κ3) is 5.52. The molecule has 2 N–H and O–H groups in total. The summed E-state index contributed by atoms with van der Waals surface area (Å²) in [7, 11) is -3.45. The quantitative estimate of drug-likeness (QED) is 0.534. The number of carbonyl (C=O) groups excluding carboxylic acids is 1. The highest BCUT2D eigenvalue weighted by atomic mass is 32.2. The van der Waals surface area contributed by atoms with Gasteiger partial charge in [-0.15, -0.1) is 10.2 Å². The molecule has 2 heterocycles. The third-order valence-corrected chi connectivity index (χ3v) is 5.33. The summed E-state index contributed by atoms with van der Waals surface area (Å²) >= 11 is 0. The molecule has 0 saturated carbocycles. The van der Waals surface area contributed by atoms with Gasteiger partial charge in [-0.3, -0.25) is 4.79 Å². The van der Waals surface area contributed by atoms with Crippen LogP contribution < -0.4 is 10.2 Å². The smallest absolute Gasteiger partial charge is 0.283 e. The molecule has 3 aromatic rings. The van der Waals surface area contributed by atoms with Crippen molar-refractivity contribution in [2.75, 3.05) is 24.7 Å². The van der Waals surface area contributed by atoms with Crippen LogP contribution in [-0.2, 0) is 21.2 Å². The number of nitrogens with one attached hydrogen (secondary N) is 2. The lowest BCUT2D eigenvalue weighted by Crippen LogP contribution is -3.11. The lowest BCUT2D eigenvalue weighted by Gasteiger charge is -2.17. The molecule has 0 spiro atoms. The summed E-state index contributed by atoms with van der Waals surface area (Å²) in [6.07, 6.45) is 3.48. The fourth-order valence-electron chi connectivity index (χ4n) is 2.95. The first-order valence-electron chi connectivity index (χ1n) is 9.15. The van der Waals surface area contributed by atoms with E-state index < -0.39 is 9.84 Å². The number of rotatable bonds is 9. The molecule has 0 saturated heterocycles. The number of anilines is 1. The summed E-state index contributed by atoms with van der Waals surface area (Å²) in [5, 5.41) is 10.7. The minimum absolute atomic E-state index is 0.0883. The Morgan fingerprint density at radius 1 is 1.17 bits per heavy atom. The summed E-state index contributed by atoms with van der Waals surface area (Å²) in [5.41, 5.74) is 0.272. The number of aromatic nitrogens is 2. The van der Waals surface area contributed by atoms with Crippen molar-refractivity contribution in [2.24, 2.45) is 0 Å². The molecule has 2 aromatic heterocycles. The average Bonchev–Trinajstić information content (AvgIpc) is 3.33. The largest absolute Gasteiger partial charge is 0.459 e. The van der Waals surface area contributed by atoms with Crippen molar-refractivity contribution in [1.29, 1.82) is 0 Å². The van der Waals surface area contributed by atoms with Crippen molar-refractivity contribution in [1.82, 2.24) is 10.2 Å². The maximum absolute atomic E-state index is 12.6. The van der Waals surface area contributed by atoms with Crippen LogP contribution in [0.2, 0.25) is 0 Å². The molecule has 1 aromatic carbocycles. The maximum Gasteiger partial charge on any atom is 0.283 e. The molecular weight excluding hydrogens is 396 g/mol. The summed E-state index contributed by atoms with van der Waals surface area (Å²) < 4.78 is 34.7. The highest BCUT2D eigenvalue weighted by molar-refractivity contribution is 7.90. The van der Waals surface area contributed by atoms with Crippen LogP contribution in [0.4, 0.5) is 5.69 Å². The second-order valence-corrected chi connectivity index (χ2v) is 8.63. The van der Waals surface area contributed by atoms with Crippen molar-refractivity contribution in [3.8, 4) is 11.7 Å². The van der Waals surface area contributed by atoms with Crippen LogP contribution in [0.5, 0.6) is 0 Å². The van der Waals surface area contributed by atoms with Crippen LogP contribution in [0.15, 0.2) is 56.4 Å². The second kappa shape index (κ2) is 9.01. The van der Waals surface area contributed by atoms with Gasteiger partial charge in [-0.05, 0) is 30.7 Å². The van der Waals surface area contributed by atoms with Gasteiger partial charge in [-0.1, -0.05) is 19.1 Å². The SMILES string of the molecule is CCC[NH+](CC(=O)Nc1ccccc1S(C)(=O)=O)Cc1nnc(-c2ccco2)o1. The highest BCUT2D eigenvalue weighted by Crippen LogP contribution is 2.20. The molecule has 3 rings (SSSR count). The molecule has 0 aliphatic rings. The van der Waals surface area contributed by atoms with E-state index in [0.717, 1.165) is 17.6 Å². The van der Waals surface area contributed by atoms with E-state index in [1.165, 1.54) is 12.3 Å². The monoisotopic (exact) mass is 419 g/mol. The van der Waals surface area contributed by atoms with Crippen LogP contribution in [0.3, 0.4) is 0 Å². The first-order valence-corrected chi connectivity index (χ1v) is 11.0. The molecule has 1 atom stereocenters. The first-order chi connectivity index (χ1) is 13.9. The van der Waals surface area contributed by atoms with Gasteiger partial charge in [0.2, 0.25) is 0 Å². The Hall–Kier alpha value is -2.98. The van der Waals surface area contributed by atoms with Crippen molar-refractivity contribution in [3.63, 3.8) is 0 Å². The lowest BCUT2D eigenvalue weighted by atomic mass is 10.3. The Bertz CT molecular complexity index is 1060. The number of para-hydroxylation sites is 1. The molecule has 0 fully saturated rings. The van der Waals surface area contributed by atoms with Gasteiger partial charge >= 0.3 is 0 Å². The zero-order chi connectivity index (χ0) is 20.9. The summed E-state index contributed by atoms with van der Waals surface area (Å²) in [5.74, 6) is 0.864. The minimum Gasteiger partial charge on any atom is -0.459 e. The Balaban J connectivity index is 1.67.